The van der Waals surface area contributed by atoms with Gasteiger partial charge in [-0.1, -0.05) is 118 Å². The molecule has 0 aliphatic heterocycles. The summed E-state index contributed by atoms with van der Waals surface area (Å²) in [5, 5.41) is 0. The molecule has 0 bridgehead atoms. The second-order valence-electron chi connectivity index (χ2n) is 10.1. The summed E-state index contributed by atoms with van der Waals surface area (Å²) in [4.78, 5) is 18.6. The van der Waals surface area contributed by atoms with Gasteiger partial charge in [0.1, 0.15) is 0 Å². The van der Waals surface area contributed by atoms with Crippen molar-refractivity contribution in [3.05, 3.63) is 0 Å². The van der Waals surface area contributed by atoms with Crippen LogP contribution >= 0.6 is 15.1 Å². The number of rotatable bonds is 24. The summed E-state index contributed by atoms with van der Waals surface area (Å²) in [6, 6.07) is 0. The van der Waals surface area contributed by atoms with Crippen LogP contribution in [0.1, 0.15) is 150 Å². The van der Waals surface area contributed by atoms with Crippen LogP contribution in [0.15, 0.2) is 0 Å². The Hall–Kier alpha value is 0.540. The van der Waals surface area contributed by atoms with E-state index in [9.17, 15) is 9.46 Å². The quantitative estimate of drug-likeness (QED) is 0.101. The van der Waals surface area contributed by atoms with Gasteiger partial charge < -0.3 is 14.3 Å². The van der Waals surface area contributed by atoms with Crippen LogP contribution in [0.3, 0.4) is 0 Å². The smallest absolute Gasteiger partial charge is 0.265 e. The first-order chi connectivity index (χ1) is 16.3. The zero-order valence-electron chi connectivity index (χ0n) is 23.8. The molecule has 208 valence electrons. The fourth-order valence-electron chi connectivity index (χ4n) is 4.41. The molecule has 0 rings (SSSR count). The van der Waals surface area contributed by atoms with Crippen molar-refractivity contribution in [3.63, 3.8) is 0 Å². The topological polar surface area (TPSA) is 69.6 Å². The van der Waals surface area contributed by atoms with E-state index >= 15 is 0 Å². The molecule has 0 fully saturated rings. The van der Waals surface area contributed by atoms with Crippen LogP contribution < -0.4 is 4.89 Å². The first-order valence-corrected chi connectivity index (χ1v) is 18.9. The highest BCUT2D eigenvalue weighted by Gasteiger charge is 2.34. The van der Waals surface area contributed by atoms with E-state index in [0.717, 1.165) is 12.8 Å². The molecule has 0 saturated heterocycles. The van der Waals surface area contributed by atoms with Crippen molar-refractivity contribution < 1.29 is 18.9 Å². The Labute approximate surface area is 215 Å². The van der Waals surface area contributed by atoms with Gasteiger partial charge in [-0.25, -0.2) is 0 Å². The third kappa shape index (κ3) is 27.1. The minimum Gasteiger partial charge on any atom is -0.756 e. The lowest BCUT2D eigenvalue weighted by atomic mass is 10.1. The van der Waals surface area contributed by atoms with Crippen molar-refractivity contribution in [2.24, 2.45) is 0 Å². The lowest BCUT2D eigenvalue weighted by Crippen LogP contribution is -2.12. The second kappa shape index (κ2) is 26.6. The molecule has 0 spiro atoms. The zero-order chi connectivity index (χ0) is 26.0. The molecule has 1 N–H and O–H groups in total. The monoisotopic (exact) mass is 524 g/mol. The summed E-state index contributed by atoms with van der Waals surface area (Å²) in [5.41, 5.74) is 0. The Morgan fingerprint density at radius 2 is 0.853 bits per heavy atom. The maximum absolute atomic E-state index is 10.3. The van der Waals surface area contributed by atoms with Gasteiger partial charge in [0.15, 0.2) is 0 Å². The molecular weight excluding hydrogens is 462 g/mol. The number of hydrogen-bond donors (Lipinski definition) is 1. The van der Waals surface area contributed by atoms with Gasteiger partial charge >= 0.3 is 0 Å². The van der Waals surface area contributed by atoms with E-state index in [0.29, 0.717) is 6.42 Å². The molecule has 6 heteroatoms. The summed E-state index contributed by atoms with van der Waals surface area (Å²) in [7, 11) is -5.06. The van der Waals surface area contributed by atoms with Gasteiger partial charge in [-0.3, -0.25) is 4.57 Å². The maximum atomic E-state index is 10.3. The van der Waals surface area contributed by atoms with Gasteiger partial charge in [-0.15, -0.1) is 0 Å². The van der Waals surface area contributed by atoms with Crippen LogP contribution in [-0.4, -0.2) is 36.1 Å². The molecule has 4 nitrogen and oxygen atoms in total. The highest BCUT2D eigenvalue weighted by atomic mass is 31.2. The molecule has 0 aromatic carbocycles. The molecule has 0 aliphatic carbocycles. The van der Waals surface area contributed by atoms with Gasteiger partial charge in [-0.05, 0) is 32.1 Å². The van der Waals surface area contributed by atoms with Crippen LogP contribution in [0.4, 0.5) is 0 Å². The molecule has 0 aliphatic rings. The molecule has 0 amide bonds. The third-order valence-corrected chi connectivity index (χ3v) is 12.3. The van der Waals surface area contributed by atoms with Gasteiger partial charge in [0, 0.05) is 7.26 Å². The minimum atomic E-state index is -4.49. The predicted molar refractivity (Wildman–Crippen MR) is 154 cm³/mol. The first kappa shape index (κ1) is 36.7. The lowest BCUT2D eigenvalue weighted by molar-refractivity contribution is -0.219. The molecule has 0 aromatic heterocycles. The Kier molecular flexibility index (Phi) is 28.7. The standard InChI is InChI=1S/C16H36P.C12H27O4P/c1-5-9-13-17(14-10-6-2,15-11-7-3)16-12-8-4;1-2-3-4-5-6-7-8-9-10-11-12-16-17(13,14)15/h5-16H2,1-4H3;2-12H2,1H3,(H2,13,14,15)/q+1;/p-1. The molecular formula is C28H62O4P2. The van der Waals surface area contributed by atoms with Gasteiger partial charge in [0.2, 0.25) is 0 Å². The first-order valence-electron chi connectivity index (χ1n) is 14.8. The summed E-state index contributed by atoms with van der Waals surface area (Å²) in [6.45, 7) is 11.7. The Bertz CT molecular complexity index is 403. The van der Waals surface area contributed by atoms with Crippen molar-refractivity contribution in [2.75, 3.05) is 31.3 Å². The van der Waals surface area contributed by atoms with Gasteiger partial charge in [0.05, 0.1) is 31.3 Å². The number of phosphoric acid groups is 1. The van der Waals surface area contributed by atoms with E-state index in [-0.39, 0.29) is 6.61 Å². The summed E-state index contributed by atoms with van der Waals surface area (Å²) in [5.74, 6) is 0. The number of hydrogen-bond acceptors (Lipinski definition) is 3. The Morgan fingerprint density at radius 1 is 0.559 bits per heavy atom. The van der Waals surface area contributed by atoms with E-state index in [2.05, 4.69) is 39.1 Å². The van der Waals surface area contributed by atoms with Crippen molar-refractivity contribution in [1.29, 1.82) is 0 Å². The minimum absolute atomic E-state index is 0.105. The average molecular weight is 525 g/mol. The van der Waals surface area contributed by atoms with Crippen molar-refractivity contribution in [2.45, 2.75) is 150 Å². The number of unbranched alkanes of at least 4 members (excludes halogenated alkanes) is 13. The van der Waals surface area contributed by atoms with Crippen molar-refractivity contribution >= 4 is 15.1 Å². The maximum Gasteiger partial charge on any atom is 0.265 e. The normalized spacial score (nSPS) is 13.4. The second-order valence-corrected chi connectivity index (χ2v) is 15.8. The molecule has 1 unspecified atom stereocenters. The fraction of sp³-hybridized carbons (Fsp3) is 1.00. The Balaban J connectivity index is 0. The van der Waals surface area contributed by atoms with Crippen LogP contribution in [0.5, 0.6) is 0 Å². The van der Waals surface area contributed by atoms with E-state index in [1.54, 1.807) is 24.6 Å². The SMILES string of the molecule is CCCCCCCCCCCCOP(=O)([O-])O.CCCC[P+](CCCC)(CCCC)CCCC. The van der Waals surface area contributed by atoms with E-state index in [1.807, 2.05) is 0 Å². The van der Waals surface area contributed by atoms with E-state index in [4.69, 9.17) is 4.89 Å². The lowest BCUT2D eigenvalue weighted by Gasteiger charge is -2.28. The van der Waals surface area contributed by atoms with E-state index < -0.39 is 15.1 Å². The van der Waals surface area contributed by atoms with Crippen LogP contribution in [0.25, 0.3) is 0 Å². The summed E-state index contributed by atoms with van der Waals surface area (Å²) in [6.07, 6.45) is 29.8. The van der Waals surface area contributed by atoms with Crippen molar-refractivity contribution in [1.82, 2.24) is 0 Å². The molecule has 34 heavy (non-hydrogen) atoms. The summed E-state index contributed by atoms with van der Waals surface area (Å²) >= 11 is 0. The number of phosphoric ester groups is 1. The molecule has 0 radical (unpaired) electrons. The average Bonchev–Trinajstić information content (AvgIpc) is 2.81. The van der Waals surface area contributed by atoms with Crippen LogP contribution in [-0.2, 0) is 9.09 Å². The molecule has 0 saturated carbocycles. The molecule has 0 heterocycles. The van der Waals surface area contributed by atoms with Gasteiger partial charge in [0.25, 0.3) is 7.82 Å². The third-order valence-electron chi connectivity index (χ3n) is 6.70. The largest absolute Gasteiger partial charge is 0.756 e. The summed E-state index contributed by atoms with van der Waals surface area (Å²) < 4.78 is 14.5. The zero-order valence-corrected chi connectivity index (χ0v) is 25.6. The molecule has 0 aromatic rings. The highest BCUT2D eigenvalue weighted by Crippen LogP contribution is 2.61. The van der Waals surface area contributed by atoms with E-state index in [1.165, 1.54) is 96.3 Å². The highest BCUT2D eigenvalue weighted by molar-refractivity contribution is 7.75. The fourth-order valence-corrected chi connectivity index (χ4v) is 10.1. The molecule has 1 atom stereocenters. The Morgan fingerprint density at radius 3 is 1.15 bits per heavy atom. The van der Waals surface area contributed by atoms with Gasteiger partial charge in [-0.2, -0.15) is 0 Å². The van der Waals surface area contributed by atoms with Crippen LogP contribution in [0, 0.1) is 0 Å². The van der Waals surface area contributed by atoms with Crippen molar-refractivity contribution in [3.8, 4) is 0 Å². The predicted octanol–water partition coefficient (Wildman–Crippen LogP) is 9.59. The van der Waals surface area contributed by atoms with Crippen LogP contribution in [0.2, 0.25) is 0 Å².